The lowest BCUT2D eigenvalue weighted by molar-refractivity contribution is 0.0950. The van der Waals surface area contributed by atoms with Crippen molar-refractivity contribution in [3.8, 4) is 5.75 Å². The van der Waals surface area contributed by atoms with Crippen molar-refractivity contribution in [3.63, 3.8) is 0 Å². The van der Waals surface area contributed by atoms with Crippen LogP contribution in [0.1, 0.15) is 22.8 Å². The van der Waals surface area contributed by atoms with Gasteiger partial charge in [0.2, 0.25) is 0 Å². The van der Waals surface area contributed by atoms with Gasteiger partial charge in [-0.15, -0.1) is 11.8 Å². The van der Waals surface area contributed by atoms with E-state index in [1.165, 1.54) is 4.90 Å². The summed E-state index contributed by atoms with van der Waals surface area (Å²) in [7, 11) is 0. The van der Waals surface area contributed by atoms with Gasteiger partial charge in [-0.2, -0.15) is 0 Å². The van der Waals surface area contributed by atoms with E-state index in [9.17, 15) is 4.79 Å². The predicted molar refractivity (Wildman–Crippen MR) is 97.8 cm³/mol. The molecule has 128 valence electrons. The monoisotopic (exact) mass is 345 g/mol. The predicted octanol–water partition coefficient (Wildman–Crippen LogP) is 3.75. The van der Waals surface area contributed by atoms with Crippen LogP contribution < -0.4 is 10.1 Å². The molecule has 0 aliphatic heterocycles. The zero-order valence-corrected chi connectivity index (χ0v) is 14.9. The number of carbonyl (C=O) groups excluding carboxylic acids is 1. The Kier molecular flexibility index (Phi) is 7.65. The Morgan fingerprint density at radius 1 is 1.04 bits per heavy atom. The molecule has 0 fully saturated rings. The van der Waals surface area contributed by atoms with Crippen molar-refractivity contribution < 1.29 is 14.3 Å². The standard InChI is InChI=1S/C19H23NO3S/c1-3-22-12-13-23-17-8-6-16(7-9-17)19(21)20-14-15-4-10-18(24-2)11-5-15/h4-11H,3,12-14H2,1-2H3,(H,20,21). The fraction of sp³-hybridized carbons (Fsp3) is 0.316. The highest BCUT2D eigenvalue weighted by Crippen LogP contribution is 2.15. The van der Waals surface area contributed by atoms with E-state index in [1.807, 2.05) is 25.3 Å². The van der Waals surface area contributed by atoms with Crippen molar-refractivity contribution in [3.05, 3.63) is 59.7 Å². The van der Waals surface area contributed by atoms with Crippen LogP contribution in [-0.2, 0) is 11.3 Å². The maximum atomic E-state index is 12.2. The van der Waals surface area contributed by atoms with Gasteiger partial charge in [-0.05, 0) is 55.1 Å². The second kappa shape index (κ2) is 10.0. The molecule has 0 saturated heterocycles. The summed E-state index contributed by atoms with van der Waals surface area (Å²) in [6, 6.07) is 15.3. The third-order valence-corrected chi connectivity index (χ3v) is 4.17. The first kappa shape index (κ1) is 18.4. The molecule has 0 aromatic heterocycles. The van der Waals surface area contributed by atoms with Gasteiger partial charge in [-0.1, -0.05) is 12.1 Å². The second-order valence-corrected chi connectivity index (χ2v) is 5.98. The smallest absolute Gasteiger partial charge is 0.251 e. The third-order valence-electron chi connectivity index (χ3n) is 3.43. The van der Waals surface area contributed by atoms with Crippen LogP contribution in [0.4, 0.5) is 0 Å². The molecule has 0 bridgehead atoms. The summed E-state index contributed by atoms with van der Waals surface area (Å²) < 4.78 is 10.8. The van der Waals surface area contributed by atoms with E-state index >= 15 is 0 Å². The van der Waals surface area contributed by atoms with Crippen LogP contribution in [0.2, 0.25) is 0 Å². The van der Waals surface area contributed by atoms with Crippen LogP contribution in [-0.4, -0.2) is 32.0 Å². The van der Waals surface area contributed by atoms with E-state index < -0.39 is 0 Å². The van der Waals surface area contributed by atoms with Crippen molar-refractivity contribution >= 4 is 17.7 Å². The Hall–Kier alpha value is -1.98. The molecule has 0 spiro atoms. The minimum atomic E-state index is -0.0928. The molecular formula is C19H23NO3S. The van der Waals surface area contributed by atoms with Crippen LogP contribution in [0, 0.1) is 0 Å². The first-order valence-electron chi connectivity index (χ1n) is 7.94. The fourth-order valence-electron chi connectivity index (χ4n) is 2.09. The lowest BCUT2D eigenvalue weighted by atomic mass is 10.2. The van der Waals surface area contributed by atoms with Gasteiger partial charge in [0.1, 0.15) is 12.4 Å². The molecule has 2 aromatic carbocycles. The minimum Gasteiger partial charge on any atom is -0.491 e. The van der Waals surface area contributed by atoms with Gasteiger partial charge in [0.15, 0.2) is 0 Å². The number of hydrogen-bond donors (Lipinski definition) is 1. The van der Waals surface area contributed by atoms with E-state index in [2.05, 4.69) is 17.4 Å². The maximum absolute atomic E-state index is 12.2. The molecule has 5 heteroatoms. The normalized spacial score (nSPS) is 10.4. The Morgan fingerprint density at radius 3 is 2.38 bits per heavy atom. The molecule has 1 amide bonds. The highest BCUT2D eigenvalue weighted by molar-refractivity contribution is 7.98. The summed E-state index contributed by atoms with van der Waals surface area (Å²) in [5.74, 6) is 0.642. The average molecular weight is 345 g/mol. The van der Waals surface area contributed by atoms with Crippen LogP contribution >= 0.6 is 11.8 Å². The van der Waals surface area contributed by atoms with Gasteiger partial charge >= 0.3 is 0 Å². The van der Waals surface area contributed by atoms with E-state index in [-0.39, 0.29) is 5.91 Å². The molecule has 0 radical (unpaired) electrons. The molecule has 1 N–H and O–H groups in total. The summed E-state index contributed by atoms with van der Waals surface area (Å²) in [4.78, 5) is 13.4. The third kappa shape index (κ3) is 5.91. The van der Waals surface area contributed by atoms with Gasteiger partial charge in [0.05, 0.1) is 6.61 Å². The number of hydrogen-bond acceptors (Lipinski definition) is 4. The Balaban J connectivity index is 1.81. The first-order valence-corrected chi connectivity index (χ1v) is 9.17. The number of ether oxygens (including phenoxy) is 2. The van der Waals surface area contributed by atoms with Crippen LogP contribution in [0.3, 0.4) is 0 Å². The number of benzene rings is 2. The van der Waals surface area contributed by atoms with Gasteiger partial charge in [-0.25, -0.2) is 0 Å². The van der Waals surface area contributed by atoms with Gasteiger partial charge < -0.3 is 14.8 Å². The van der Waals surface area contributed by atoms with E-state index in [1.54, 1.807) is 36.0 Å². The van der Waals surface area contributed by atoms with Crippen LogP contribution in [0.15, 0.2) is 53.4 Å². The SMILES string of the molecule is CCOCCOc1ccc(C(=O)NCc2ccc(SC)cc2)cc1. The number of rotatable bonds is 9. The van der Waals surface area contributed by atoms with E-state index in [4.69, 9.17) is 9.47 Å². The summed E-state index contributed by atoms with van der Waals surface area (Å²) in [5, 5.41) is 2.93. The number of nitrogens with one attached hydrogen (secondary N) is 1. The van der Waals surface area contributed by atoms with Gasteiger partial charge in [0, 0.05) is 23.6 Å². The minimum absolute atomic E-state index is 0.0928. The molecule has 0 aliphatic carbocycles. The highest BCUT2D eigenvalue weighted by Gasteiger charge is 2.05. The van der Waals surface area contributed by atoms with Gasteiger partial charge in [0.25, 0.3) is 5.91 Å². The van der Waals surface area contributed by atoms with E-state index in [0.29, 0.717) is 31.9 Å². The van der Waals surface area contributed by atoms with Crippen molar-refractivity contribution in [2.45, 2.75) is 18.4 Å². The lowest BCUT2D eigenvalue weighted by Gasteiger charge is -2.08. The van der Waals surface area contributed by atoms with Crippen molar-refractivity contribution in [1.29, 1.82) is 0 Å². The maximum Gasteiger partial charge on any atom is 0.251 e. The zero-order valence-electron chi connectivity index (χ0n) is 14.1. The van der Waals surface area contributed by atoms with Crippen LogP contribution in [0.25, 0.3) is 0 Å². The summed E-state index contributed by atoms with van der Waals surface area (Å²) in [5.41, 5.74) is 1.70. The van der Waals surface area contributed by atoms with Gasteiger partial charge in [-0.3, -0.25) is 4.79 Å². The molecule has 0 unspecified atom stereocenters. The summed E-state index contributed by atoms with van der Waals surface area (Å²) in [6.45, 7) is 4.21. The lowest BCUT2D eigenvalue weighted by Crippen LogP contribution is -2.22. The van der Waals surface area contributed by atoms with Crippen molar-refractivity contribution in [1.82, 2.24) is 5.32 Å². The molecule has 2 rings (SSSR count). The Bertz CT molecular complexity index is 626. The number of thioether (sulfide) groups is 1. The molecule has 4 nitrogen and oxygen atoms in total. The van der Waals surface area contributed by atoms with Crippen molar-refractivity contribution in [2.75, 3.05) is 26.1 Å². The average Bonchev–Trinajstić information content (AvgIpc) is 2.64. The molecule has 24 heavy (non-hydrogen) atoms. The van der Waals surface area contributed by atoms with Crippen LogP contribution in [0.5, 0.6) is 5.75 Å². The Labute approximate surface area is 147 Å². The fourth-order valence-corrected chi connectivity index (χ4v) is 2.50. The first-order chi connectivity index (χ1) is 11.7. The molecule has 0 aliphatic rings. The largest absolute Gasteiger partial charge is 0.491 e. The van der Waals surface area contributed by atoms with E-state index in [0.717, 1.165) is 11.3 Å². The highest BCUT2D eigenvalue weighted by atomic mass is 32.2. The number of carbonyl (C=O) groups is 1. The quantitative estimate of drug-likeness (QED) is 0.555. The molecule has 0 atom stereocenters. The number of amides is 1. The van der Waals surface area contributed by atoms with Crippen molar-refractivity contribution in [2.24, 2.45) is 0 Å². The second-order valence-electron chi connectivity index (χ2n) is 5.10. The molecule has 0 heterocycles. The topological polar surface area (TPSA) is 47.6 Å². The molecule has 0 saturated carbocycles. The summed E-state index contributed by atoms with van der Waals surface area (Å²) in [6.07, 6.45) is 2.04. The Morgan fingerprint density at radius 2 is 1.75 bits per heavy atom. The molecule has 2 aromatic rings. The summed E-state index contributed by atoms with van der Waals surface area (Å²) >= 11 is 1.70. The zero-order chi connectivity index (χ0) is 17.2. The molecular weight excluding hydrogens is 322 g/mol.